The number of nitrogens with two attached hydrogens (primary N) is 1. The van der Waals surface area contributed by atoms with Gasteiger partial charge >= 0.3 is 12.1 Å². The molecule has 2 fully saturated rings. The predicted molar refractivity (Wildman–Crippen MR) is 268 cm³/mol. The van der Waals surface area contributed by atoms with Gasteiger partial charge in [-0.25, -0.2) is 15.0 Å². The largest absolute Gasteiger partial charge is 0.495 e. The number of carbonyl (C=O) groups excluding carboxylic acids is 5. The lowest BCUT2D eigenvalue weighted by Gasteiger charge is -2.42. The molecule has 376 valence electrons. The number of likely N-dealkylation sites (N-methyl/N-ethyl adjacent to an activating group) is 1. The monoisotopic (exact) mass is 1010 g/mol. The standard InChI is InChI=1S/C49H65ClN6O11S2/c1-27-12-11-13-38(64-10)49(62)25-37(65-46(61)52-49)28(2)44-48(6,67-44)39(24-42(59)56(8)35-21-30(20-27)22-36(63-9)43(35)50)66-45(60)29(3)55(7)41(58)18-19-68-69-47(4,5)26-40(57)54-53-34-17-14-31-23-32(51)15-16-33(31)34/h11-13,15-16,21-23,28-29,37-39,44,62H,14,17-20,24-26,51H2,1-10H3,(H,52,61)(H,54,57)/b13-11+,27-12+,53-34-/t28-,29+,37+,38-,39+,44+,48+,49+/m1/s1. The quantitative estimate of drug-likeness (QED) is 0.0420. The molecule has 17 nitrogen and oxygen atoms in total. The second-order valence-electron chi connectivity index (χ2n) is 19.0. The number of rotatable bonds is 13. The molecule has 0 aromatic heterocycles. The van der Waals surface area contributed by atoms with Crippen LogP contribution in [0.1, 0.15) is 90.3 Å². The molecule has 6 rings (SSSR count). The molecular formula is C49H65ClN6O11S2. The highest BCUT2D eigenvalue weighted by Crippen LogP contribution is 2.49. The minimum Gasteiger partial charge on any atom is -0.495 e. The molecule has 2 saturated heterocycles. The van der Waals surface area contributed by atoms with E-state index in [1.807, 2.05) is 45.0 Å². The van der Waals surface area contributed by atoms with E-state index in [4.69, 9.17) is 41.0 Å². The Hall–Kier alpha value is -4.79. The summed E-state index contributed by atoms with van der Waals surface area (Å²) in [6.07, 6.45) is 2.49. The van der Waals surface area contributed by atoms with E-state index >= 15 is 0 Å². The third-order valence-electron chi connectivity index (χ3n) is 13.2. The normalized spacial score (nSPS) is 28.2. The van der Waals surface area contributed by atoms with Gasteiger partial charge in [0.05, 0.1) is 31.0 Å². The molecule has 3 heterocycles. The van der Waals surface area contributed by atoms with Crippen LogP contribution < -0.4 is 26.1 Å². The van der Waals surface area contributed by atoms with Gasteiger partial charge in [0.15, 0.2) is 5.72 Å². The fourth-order valence-electron chi connectivity index (χ4n) is 8.92. The maximum Gasteiger partial charge on any atom is 0.409 e. The molecule has 69 heavy (non-hydrogen) atoms. The van der Waals surface area contributed by atoms with Crippen LogP contribution in [0.2, 0.25) is 5.02 Å². The molecule has 2 aromatic rings. The molecule has 4 bridgehead atoms. The average molecular weight is 1010 g/mol. The number of methoxy groups -OCH3 is 2. The van der Waals surface area contributed by atoms with Crippen molar-refractivity contribution in [3.05, 3.63) is 75.8 Å². The van der Waals surface area contributed by atoms with Crippen LogP contribution >= 0.6 is 33.2 Å². The lowest BCUT2D eigenvalue weighted by Crippen LogP contribution is -2.63. The highest BCUT2D eigenvalue weighted by molar-refractivity contribution is 8.77. The first kappa shape index (κ1) is 53.6. The molecule has 4 amide bonds. The molecule has 0 unspecified atom stereocenters. The van der Waals surface area contributed by atoms with Crippen molar-refractivity contribution < 1.29 is 52.8 Å². The first-order valence-electron chi connectivity index (χ1n) is 22.9. The van der Waals surface area contributed by atoms with Crippen molar-refractivity contribution in [2.24, 2.45) is 11.0 Å². The molecule has 2 aromatic carbocycles. The number of fused-ring (bicyclic) bond motifs is 6. The van der Waals surface area contributed by atoms with Crippen molar-refractivity contribution in [3.8, 4) is 5.75 Å². The van der Waals surface area contributed by atoms with E-state index in [0.717, 1.165) is 40.8 Å². The van der Waals surface area contributed by atoms with Crippen LogP contribution in [0.5, 0.6) is 5.75 Å². The topological polar surface area (TPSA) is 224 Å². The summed E-state index contributed by atoms with van der Waals surface area (Å²) in [6, 6.07) is 8.19. The van der Waals surface area contributed by atoms with E-state index in [0.29, 0.717) is 29.3 Å². The predicted octanol–water partition coefficient (Wildman–Crippen LogP) is 6.50. The Morgan fingerprint density at radius 1 is 1.19 bits per heavy atom. The number of aliphatic hydroxyl groups is 1. The number of hydrogen-bond donors (Lipinski definition) is 4. The molecule has 5 N–H and O–H groups in total. The Labute approximate surface area is 417 Å². The van der Waals surface area contributed by atoms with Crippen LogP contribution in [0, 0.1) is 5.92 Å². The molecule has 1 aliphatic carbocycles. The average Bonchev–Trinajstić information content (AvgIpc) is 3.83. The number of hydrogen-bond acceptors (Lipinski definition) is 15. The van der Waals surface area contributed by atoms with Gasteiger partial charge in [-0.1, -0.05) is 70.0 Å². The summed E-state index contributed by atoms with van der Waals surface area (Å²) in [7, 11) is 8.92. The number of amides is 4. The summed E-state index contributed by atoms with van der Waals surface area (Å²) in [6.45, 7) is 10.9. The summed E-state index contributed by atoms with van der Waals surface area (Å²) in [4.78, 5) is 70.5. The van der Waals surface area contributed by atoms with E-state index in [-0.39, 0.29) is 42.5 Å². The highest BCUT2D eigenvalue weighted by Gasteiger charge is 2.64. The Balaban J connectivity index is 1.13. The van der Waals surface area contributed by atoms with E-state index in [2.05, 4.69) is 15.8 Å². The number of nitrogen functional groups attached to an aromatic ring is 1. The van der Waals surface area contributed by atoms with Gasteiger partial charge in [-0.2, -0.15) is 5.10 Å². The molecule has 8 atom stereocenters. The van der Waals surface area contributed by atoms with Crippen LogP contribution in [-0.2, 0) is 51.0 Å². The van der Waals surface area contributed by atoms with E-state index < -0.39 is 70.4 Å². The molecule has 0 saturated carbocycles. The zero-order valence-corrected chi connectivity index (χ0v) is 43.3. The molecule has 20 heteroatoms. The number of alkyl carbamates (subject to hydrolysis) is 1. The first-order valence-corrected chi connectivity index (χ1v) is 25.6. The van der Waals surface area contributed by atoms with E-state index in [9.17, 15) is 29.1 Å². The Bertz CT molecular complexity index is 2400. The number of nitrogens with zero attached hydrogens (tertiary/aromatic N) is 3. The molecule has 3 aliphatic heterocycles. The third kappa shape index (κ3) is 12.8. The highest BCUT2D eigenvalue weighted by atomic mass is 35.5. The van der Waals surface area contributed by atoms with Crippen LogP contribution in [0.15, 0.2) is 59.2 Å². The third-order valence-corrected chi connectivity index (χ3v) is 16.9. The van der Waals surface area contributed by atoms with Crippen molar-refractivity contribution in [2.75, 3.05) is 44.7 Å². The number of carbonyl (C=O) groups is 5. The summed E-state index contributed by atoms with van der Waals surface area (Å²) < 4.78 is 29.0. The van der Waals surface area contributed by atoms with Crippen molar-refractivity contribution >= 4 is 80.1 Å². The maximum absolute atomic E-state index is 14.3. The molecular weight excluding hydrogens is 948 g/mol. The number of ether oxygens (including phenoxy) is 5. The van der Waals surface area contributed by atoms with Crippen molar-refractivity contribution in [2.45, 2.75) is 133 Å². The summed E-state index contributed by atoms with van der Waals surface area (Å²) in [5, 5.41) is 19.0. The summed E-state index contributed by atoms with van der Waals surface area (Å²) in [5.74, 6) is -1.57. The Morgan fingerprint density at radius 3 is 2.64 bits per heavy atom. The van der Waals surface area contributed by atoms with E-state index in [1.54, 1.807) is 52.1 Å². The van der Waals surface area contributed by atoms with Gasteiger partial charge in [-0.15, -0.1) is 0 Å². The van der Waals surface area contributed by atoms with Crippen LogP contribution in [-0.4, -0.2) is 126 Å². The van der Waals surface area contributed by atoms with Gasteiger partial charge in [0.1, 0.15) is 40.7 Å². The zero-order chi connectivity index (χ0) is 50.6. The lowest BCUT2D eigenvalue weighted by atomic mass is 9.83. The summed E-state index contributed by atoms with van der Waals surface area (Å²) >= 11 is 6.82. The van der Waals surface area contributed by atoms with Crippen LogP contribution in [0.25, 0.3) is 0 Å². The summed E-state index contributed by atoms with van der Waals surface area (Å²) in [5.41, 5.74) is 11.2. The van der Waals surface area contributed by atoms with Gasteiger partial charge in [-0.3, -0.25) is 19.7 Å². The fraction of sp³-hybridized carbons (Fsp3) is 0.551. The van der Waals surface area contributed by atoms with E-state index in [1.165, 1.54) is 52.7 Å². The number of hydrazone groups is 1. The number of allylic oxidation sites excluding steroid dienone is 3. The molecule has 0 spiro atoms. The van der Waals surface area contributed by atoms with Crippen molar-refractivity contribution in [1.29, 1.82) is 0 Å². The van der Waals surface area contributed by atoms with Crippen molar-refractivity contribution in [3.63, 3.8) is 0 Å². The van der Waals surface area contributed by atoms with Gasteiger partial charge in [0, 0.05) is 68.1 Å². The van der Waals surface area contributed by atoms with Crippen molar-refractivity contribution in [1.82, 2.24) is 15.6 Å². The molecule has 4 aliphatic rings. The second-order valence-corrected chi connectivity index (χ2v) is 22.5. The second kappa shape index (κ2) is 22.1. The fourth-order valence-corrected chi connectivity index (χ4v) is 11.7. The minimum atomic E-state index is -1.86. The number of benzene rings is 2. The van der Waals surface area contributed by atoms with Crippen LogP contribution in [0.3, 0.4) is 0 Å². The minimum absolute atomic E-state index is 0.0757. The Morgan fingerprint density at radius 2 is 1.93 bits per heavy atom. The van der Waals surface area contributed by atoms with Gasteiger partial charge < -0.3 is 44.3 Å². The lowest BCUT2D eigenvalue weighted by molar-refractivity contribution is -0.162. The number of nitrogens with one attached hydrogen (secondary N) is 2. The number of aryl methyl sites for hydroxylation is 1. The molecule has 0 radical (unpaired) electrons. The van der Waals surface area contributed by atoms with Gasteiger partial charge in [0.25, 0.3) is 0 Å². The first-order chi connectivity index (χ1) is 32.5. The number of esters is 1. The number of anilines is 2. The Kier molecular flexibility index (Phi) is 17.2. The number of halogens is 1. The van der Waals surface area contributed by atoms with Gasteiger partial charge in [0.2, 0.25) is 17.7 Å². The number of epoxide rings is 1. The maximum atomic E-state index is 14.3. The zero-order valence-electron chi connectivity index (χ0n) is 40.9. The smallest absolute Gasteiger partial charge is 0.409 e. The SMILES string of the molecule is COc1cc2cc(c1Cl)N(C)C(=O)C[C@H](OC(=O)[C@H](C)N(C)C(=O)CCSSC(C)(C)CC(=O)N/N=C1/CCc3cc(N)ccc31)[C@]1(C)O[C@H]1[C@H](C)[C@@H]1C[C@@](O)(NC(=O)O1)[C@H](OC)/C=C/C=C(\C)C2. The van der Waals surface area contributed by atoms with Crippen LogP contribution in [0.4, 0.5) is 16.2 Å². The van der Waals surface area contributed by atoms with Gasteiger partial charge in [-0.05, 0) is 89.3 Å².